The van der Waals surface area contributed by atoms with E-state index in [4.69, 9.17) is 14.5 Å². The van der Waals surface area contributed by atoms with Crippen LogP contribution < -0.4 is 4.74 Å². The highest BCUT2D eigenvalue weighted by atomic mass is 17.2. The van der Waals surface area contributed by atoms with Crippen LogP contribution in [0.2, 0.25) is 0 Å². The summed E-state index contributed by atoms with van der Waals surface area (Å²) >= 11 is 0. The van der Waals surface area contributed by atoms with Crippen LogP contribution >= 0.6 is 0 Å². The van der Waals surface area contributed by atoms with E-state index < -0.39 is 0 Å². The maximum absolute atomic E-state index is 10.5. The van der Waals surface area contributed by atoms with E-state index in [0.717, 1.165) is 24.9 Å². The van der Waals surface area contributed by atoms with Gasteiger partial charge in [-0.05, 0) is 31.2 Å². The average Bonchev–Trinajstić information content (AvgIpc) is 2.76. The minimum atomic E-state index is 0.124. The Bertz CT molecular complexity index is 360. The van der Waals surface area contributed by atoms with Gasteiger partial charge in [-0.15, -0.1) is 0 Å². The molecule has 1 aromatic rings. The van der Waals surface area contributed by atoms with Gasteiger partial charge < -0.3 is 4.74 Å². The highest BCUT2D eigenvalue weighted by molar-refractivity contribution is 5.74. The predicted molar refractivity (Wildman–Crippen MR) is 62.0 cm³/mol. The van der Waals surface area contributed by atoms with Crippen molar-refractivity contribution < 1.29 is 19.3 Å². The second-order valence-electron chi connectivity index (χ2n) is 4.18. The Morgan fingerprint density at radius 1 is 1.35 bits per heavy atom. The van der Waals surface area contributed by atoms with Crippen LogP contribution in [0.25, 0.3) is 0 Å². The molecule has 4 heteroatoms. The molecule has 1 fully saturated rings. The number of ether oxygens (including phenoxy) is 1. The first-order valence-electron chi connectivity index (χ1n) is 5.78. The Morgan fingerprint density at radius 3 is 2.71 bits per heavy atom. The summed E-state index contributed by atoms with van der Waals surface area (Å²) < 4.78 is 5.55. The van der Waals surface area contributed by atoms with E-state index in [1.165, 1.54) is 0 Å². The fourth-order valence-electron chi connectivity index (χ4n) is 1.74. The quantitative estimate of drug-likeness (QED) is 0.581. The summed E-state index contributed by atoms with van der Waals surface area (Å²) in [7, 11) is 0. The summed E-state index contributed by atoms with van der Waals surface area (Å²) in [4.78, 5) is 20.6. The van der Waals surface area contributed by atoms with Gasteiger partial charge in [0.25, 0.3) is 0 Å². The molecule has 1 heterocycles. The van der Waals surface area contributed by atoms with E-state index in [1.54, 1.807) is 24.3 Å². The van der Waals surface area contributed by atoms with Gasteiger partial charge >= 0.3 is 0 Å². The summed E-state index contributed by atoms with van der Waals surface area (Å²) in [5.41, 5.74) is 0.652. The topological polar surface area (TPSA) is 44.8 Å². The zero-order valence-electron chi connectivity index (χ0n) is 9.80. The molecular weight excluding hydrogens is 220 g/mol. The van der Waals surface area contributed by atoms with E-state index in [9.17, 15) is 4.79 Å². The molecule has 1 aromatic carbocycles. The lowest BCUT2D eigenvalue weighted by atomic mass is 10.1. The fourth-order valence-corrected chi connectivity index (χ4v) is 1.74. The van der Waals surface area contributed by atoms with Crippen molar-refractivity contribution in [2.45, 2.75) is 32.0 Å². The number of rotatable bonds is 5. The van der Waals surface area contributed by atoms with Gasteiger partial charge in [-0.25, -0.2) is 9.78 Å². The van der Waals surface area contributed by atoms with Crippen LogP contribution in [0.4, 0.5) is 0 Å². The molecule has 1 aliphatic heterocycles. The lowest BCUT2D eigenvalue weighted by Crippen LogP contribution is -2.11. The summed E-state index contributed by atoms with van der Waals surface area (Å²) in [6.07, 6.45) is 2.83. The molecule has 0 aromatic heterocycles. The number of hydrogen-bond donors (Lipinski definition) is 0. The van der Waals surface area contributed by atoms with Gasteiger partial charge in [0.05, 0.1) is 18.8 Å². The normalized spacial score (nSPS) is 23.6. The summed E-state index contributed by atoms with van der Waals surface area (Å²) in [6.45, 7) is 2.57. The standard InChI is InChI=1S/C13H16O4/c1-10-8-13(17-16-10)6-7-15-12-4-2-11(9-14)3-5-12/h2-5,9-10,13H,6-8H2,1H3. The second kappa shape index (κ2) is 5.80. The monoisotopic (exact) mass is 236 g/mol. The van der Waals surface area contributed by atoms with Gasteiger partial charge in [0.15, 0.2) is 0 Å². The number of aldehydes is 1. The molecule has 4 nitrogen and oxygen atoms in total. The van der Waals surface area contributed by atoms with E-state index in [1.807, 2.05) is 6.92 Å². The summed E-state index contributed by atoms with van der Waals surface area (Å²) in [5.74, 6) is 0.766. The van der Waals surface area contributed by atoms with Crippen LogP contribution in [0, 0.1) is 0 Å². The summed E-state index contributed by atoms with van der Waals surface area (Å²) in [6, 6.07) is 7.05. The molecule has 0 aliphatic carbocycles. The molecule has 1 saturated heterocycles. The zero-order valence-corrected chi connectivity index (χ0v) is 9.80. The van der Waals surface area contributed by atoms with Crippen molar-refractivity contribution in [2.75, 3.05) is 6.61 Å². The largest absolute Gasteiger partial charge is 0.493 e. The maximum atomic E-state index is 10.5. The molecule has 2 unspecified atom stereocenters. The van der Waals surface area contributed by atoms with Gasteiger partial charge in [0.1, 0.15) is 12.0 Å². The molecule has 92 valence electrons. The third-order valence-corrected chi connectivity index (χ3v) is 2.68. The third-order valence-electron chi connectivity index (χ3n) is 2.68. The second-order valence-corrected chi connectivity index (χ2v) is 4.18. The third kappa shape index (κ3) is 3.54. The van der Waals surface area contributed by atoms with Gasteiger partial charge in [-0.2, -0.15) is 0 Å². The first-order valence-corrected chi connectivity index (χ1v) is 5.78. The molecule has 2 atom stereocenters. The molecule has 2 rings (SSSR count). The lowest BCUT2D eigenvalue weighted by Gasteiger charge is -2.08. The molecule has 17 heavy (non-hydrogen) atoms. The van der Waals surface area contributed by atoms with Gasteiger partial charge in [-0.1, -0.05) is 0 Å². The van der Waals surface area contributed by atoms with Crippen LogP contribution in [0.3, 0.4) is 0 Å². The van der Waals surface area contributed by atoms with Crippen molar-refractivity contribution in [1.29, 1.82) is 0 Å². The molecule has 0 saturated carbocycles. The van der Waals surface area contributed by atoms with E-state index in [0.29, 0.717) is 12.2 Å². The van der Waals surface area contributed by atoms with Crippen molar-refractivity contribution in [3.63, 3.8) is 0 Å². The minimum Gasteiger partial charge on any atom is -0.493 e. The number of carbonyl (C=O) groups is 1. The molecule has 0 bridgehead atoms. The molecule has 1 aliphatic rings. The van der Waals surface area contributed by atoms with Gasteiger partial charge in [-0.3, -0.25) is 4.79 Å². The SMILES string of the molecule is CC1CC(CCOc2ccc(C=O)cc2)OO1. The highest BCUT2D eigenvalue weighted by Gasteiger charge is 2.23. The van der Waals surface area contributed by atoms with Crippen LogP contribution in [-0.2, 0) is 9.78 Å². The predicted octanol–water partition coefficient (Wildman–Crippen LogP) is 2.38. The number of hydrogen-bond acceptors (Lipinski definition) is 4. The number of benzene rings is 1. The lowest BCUT2D eigenvalue weighted by molar-refractivity contribution is -0.294. The van der Waals surface area contributed by atoms with Crippen molar-refractivity contribution in [2.24, 2.45) is 0 Å². The first kappa shape index (κ1) is 12.1. The molecule has 0 amide bonds. The Hall–Kier alpha value is -1.39. The van der Waals surface area contributed by atoms with Crippen LogP contribution in [0.1, 0.15) is 30.1 Å². The van der Waals surface area contributed by atoms with Crippen molar-refractivity contribution in [3.8, 4) is 5.75 Å². The van der Waals surface area contributed by atoms with Crippen LogP contribution in [0.5, 0.6) is 5.75 Å². The van der Waals surface area contributed by atoms with Crippen molar-refractivity contribution in [3.05, 3.63) is 29.8 Å². The highest BCUT2D eigenvalue weighted by Crippen LogP contribution is 2.19. The molecule has 0 radical (unpaired) electrons. The van der Waals surface area contributed by atoms with Crippen molar-refractivity contribution in [1.82, 2.24) is 0 Å². The Kier molecular flexibility index (Phi) is 4.12. The van der Waals surface area contributed by atoms with Crippen LogP contribution in [0.15, 0.2) is 24.3 Å². The first-order chi connectivity index (χ1) is 8.28. The zero-order chi connectivity index (χ0) is 12.1. The summed E-state index contributed by atoms with van der Waals surface area (Å²) in [5, 5.41) is 0. The van der Waals surface area contributed by atoms with Gasteiger partial charge in [0.2, 0.25) is 0 Å². The van der Waals surface area contributed by atoms with Crippen molar-refractivity contribution >= 4 is 6.29 Å². The Labute approximate surface area is 100 Å². The van der Waals surface area contributed by atoms with E-state index >= 15 is 0 Å². The molecule has 0 spiro atoms. The average molecular weight is 236 g/mol. The maximum Gasteiger partial charge on any atom is 0.150 e. The van der Waals surface area contributed by atoms with E-state index in [-0.39, 0.29) is 12.2 Å². The molecule has 0 N–H and O–H groups in total. The molecular formula is C13H16O4. The van der Waals surface area contributed by atoms with Gasteiger partial charge in [0, 0.05) is 18.4 Å². The van der Waals surface area contributed by atoms with Crippen LogP contribution in [-0.4, -0.2) is 25.1 Å². The smallest absolute Gasteiger partial charge is 0.150 e. The Balaban J connectivity index is 1.72. The Morgan fingerprint density at radius 2 is 2.12 bits per heavy atom. The number of carbonyl (C=O) groups excluding carboxylic acids is 1. The minimum absolute atomic E-state index is 0.124. The van der Waals surface area contributed by atoms with E-state index in [2.05, 4.69) is 0 Å². The fraction of sp³-hybridized carbons (Fsp3) is 0.462.